The van der Waals surface area contributed by atoms with Crippen LogP contribution in [0.3, 0.4) is 0 Å². The highest BCUT2D eigenvalue weighted by Gasteiger charge is 2.19. The summed E-state index contributed by atoms with van der Waals surface area (Å²) in [6, 6.07) is 0. The molecule has 0 aliphatic rings. The molecule has 0 aliphatic heterocycles. The number of ether oxygens (including phenoxy) is 3. The first-order valence-corrected chi connectivity index (χ1v) is 34.8. The van der Waals surface area contributed by atoms with Gasteiger partial charge in [-0.25, -0.2) is 0 Å². The molecule has 0 radical (unpaired) electrons. The van der Waals surface area contributed by atoms with Gasteiger partial charge in [-0.3, -0.25) is 14.4 Å². The number of carbonyl (C=O) groups excluding carboxylic acids is 3. The van der Waals surface area contributed by atoms with Crippen molar-refractivity contribution in [3.63, 3.8) is 0 Å². The summed E-state index contributed by atoms with van der Waals surface area (Å²) in [4.78, 5) is 38.5. The van der Waals surface area contributed by atoms with Crippen LogP contribution < -0.4 is 0 Å². The highest BCUT2D eigenvalue weighted by Crippen LogP contribution is 2.18. The highest BCUT2D eigenvalue weighted by molar-refractivity contribution is 5.71. The van der Waals surface area contributed by atoms with E-state index >= 15 is 0 Å². The van der Waals surface area contributed by atoms with Crippen molar-refractivity contribution >= 4 is 17.9 Å². The van der Waals surface area contributed by atoms with Gasteiger partial charge in [0.15, 0.2) is 6.10 Å². The van der Waals surface area contributed by atoms with Gasteiger partial charge in [-0.05, 0) is 89.9 Å². The zero-order chi connectivity index (χ0) is 57.1. The van der Waals surface area contributed by atoms with Crippen molar-refractivity contribution in [3.8, 4) is 0 Å². The summed E-state index contributed by atoms with van der Waals surface area (Å²) in [6.45, 7) is 6.64. The van der Waals surface area contributed by atoms with E-state index in [-0.39, 0.29) is 31.1 Å². The summed E-state index contributed by atoms with van der Waals surface area (Å²) in [6.07, 6.45) is 86.6. The van der Waals surface area contributed by atoms with Crippen LogP contribution in [0.5, 0.6) is 0 Å². The zero-order valence-corrected chi connectivity index (χ0v) is 52.9. The van der Waals surface area contributed by atoms with Crippen molar-refractivity contribution in [2.24, 2.45) is 0 Å². The molecule has 79 heavy (non-hydrogen) atoms. The van der Waals surface area contributed by atoms with Crippen molar-refractivity contribution in [2.45, 2.75) is 374 Å². The molecule has 0 spiro atoms. The first kappa shape index (κ1) is 76.1. The number of carbonyl (C=O) groups is 3. The normalized spacial score (nSPS) is 12.4. The molecular formula is C73H132O6. The van der Waals surface area contributed by atoms with Crippen molar-refractivity contribution in [1.82, 2.24) is 0 Å². The fourth-order valence-electron chi connectivity index (χ4n) is 10.2. The summed E-state index contributed by atoms with van der Waals surface area (Å²) in [5.74, 6) is -0.871. The van der Waals surface area contributed by atoms with Crippen LogP contribution in [0.2, 0.25) is 0 Å². The molecule has 0 saturated carbocycles. The molecule has 1 atom stereocenters. The first-order valence-electron chi connectivity index (χ1n) is 34.8. The minimum atomic E-state index is -0.784. The van der Waals surface area contributed by atoms with E-state index < -0.39 is 6.10 Å². The van der Waals surface area contributed by atoms with Crippen LogP contribution >= 0.6 is 0 Å². The summed E-state index contributed by atoms with van der Waals surface area (Å²) < 4.78 is 17.0. The Hall–Kier alpha value is -2.89. The van der Waals surface area contributed by atoms with Gasteiger partial charge in [0.1, 0.15) is 13.2 Å². The van der Waals surface area contributed by atoms with Gasteiger partial charge in [0, 0.05) is 19.3 Å². The fourth-order valence-corrected chi connectivity index (χ4v) is 10.2. The molecule has 6 nitrogen and oxygen atoms in total. The number of esters is 3. The Bertz CT molecular complexity index is 1410. The van der Waals surface area contributed by atoms with Crippen LogP contribution in [0.1, 0.15) is 367 Å². The lowest BCUT2D eigenvalue weighted by atomic mass is 10.0. The predicted octanol–water partition coefficient (Wildman–Crippen LogP) is 23.9. The average molecular weight is 1110 g/mol. The van der Waals surface area contributed by atoms with E-state index in [1.165, 1.54) is 238 Å². The lowest BCUT2D eigenvalue weighted by Gasteiger charge is -2.18. The van der Waals surface area contributed by atoms with Gasteiger partial charge >= 0.3 is 17.9 Å². The van der Waals surface area contributed by atoms with Gasteiger partial charge in [0.2, 0.25) is 0 Å². The quantitative estimate of drug-likeness (QED) is 0.0261. The SMILES string of the molecule is CCCCC/C=C\C/C=C\C/C=C\CCCCCCCCC(=O)OC(COC(=O)CCCCCCCCCCC/C=C\C/C=C\CCCCC)COC(=O)CCCCCCCCCCCCCCCCCCCCCCCCC. The number of rotatable bonds is 64. The van der Waals surface area contributed by atoms with E-state index in [2.05, 4.69) is 81.5 Å². The largest absolute Gasteiger partial charge is 0.462 e. The molecular weight excluding hydrogens is 973 g/mol. The second kappa shape index (κ2) is 67.6. The maximum absolute atomic E-state index is 12.9. The van der Waals surface area contributed by atoms with Gasteiger partial charge in [0.25, 0.3) is 0 Å². The fraction of sp³-hybridized carbons (Fsp3) is 0.822. The van der Waals surface area contributed by atoms with E-state index in [1.54, 1.807) is 0 Å². The topological polar surface area (TPSA) is 78.9 Å². The third-order valence-corrected chi connectivity index (χ3v) is 15.5. The van der Waals surface area contributed by atoms with E-state index in [0.29, 0.717) is 19.3 Å². The Labute approximate surface area is 491 Å². The summed E-state index contributed by atoms with van der Waals surface area (Å²) >= 11 is 0. The molecule has 0 rings (SSSR count). The Balaban J connectivity index is 4.34. The predicted molar refractivity (Wildman–Crippen MR) is 344 cm³/mol. The van der Waals surface area contributed by atoms with Crippen LogP contribution in [-0.4, -0.2) is 37.2 Å². The van der Waals surface area contributed by atoms with Crippen molar-refractivity contribution in [1.29, 1.82) is 0 Å². The van der Waals surface area contributed by atoms with Crippen LogP contribution in [0.4, 0.5) is 0 Å². The van der Waals surface area contributed by atoms with Crippen molar-refractivity contribution < 1.29 is 28.6 Å². The number of allylic oxidation sites excluding steroid dienone is 10. The lowest BCUT2D eigenvalue weighted by Crippen LogP contribution is -2.30. The zero-order valence-electron chi connectivity index (χ0n) is 52.9. The van der Waals surface area contributed by atoms with Gasteiger partial charge in [0.05, 0.1) is 0 Å². The molecule has 6 heteroatoms. The Kier molecular flexibility index (Phi) is 65.1. The van der Waals surface area contributed by atoms with E-state index in [9.17, 15) is 14.4 Å². The molecule has 460 valence electrons. The van der Waals surface area contributed by atoms with Crippen molar-refractivity contribution in [2.75, 3.05) is 13.2 Å². The molecule has 0 amide bonds. The number of unbranched alkanes of at least 4 members (excludes halogenated alkanes) is 43. The summed E-state index contributed by atoms with van der Waals surface area (Å²) in [5, 5.41) is 0. The average Bonchev–Trinajstić information content (AvgIpc) is 3.45. The summed E-state index contributed by atoms with van der Waals surface area (Å²) in [5.41, 5.74) is 0. The highest BCUT2D eigenvalue weighted by atomic mass is 16.6. The van der Waals surface area contributed by atoms with Gasteiger partial charge in [-0.2, -0.15) is 0 Å². The molecule has 0 aromatic rings. The monoisotopic (exact) mass is 1110 g/mol. The van der Waals surface area contributed by atoms with Crippen LogP contribution in [0.25, 0.3) is 0 Å². The second-order valence-electron chi connectivity index (χ2n) is 23.4. The molecule has 1 unspecified atom stereocenters. The van der Waals surface area contributed by atoms with Crippen LogP contribution in [0, 0.1) is 0 Å². The number of hydrogen-bond donors (Lipinski definition) is 0. The van der Waals surface area contributed by atoms with E-state index in [4.69, 9.17) is 14.2 Å². The van der Waals surface area contributed by atoms with E-state index in [1.807, 2.05) is 0 Å². The Morgan fingerprint density at radius 3 is 0.734 bits per heavy atom. The minimum absolute atomic E-state index is 0.0773. The first-order chi connectivity index (χ1) is 39.0. The molecule has 0 bridgehead atoms. The van der Waals surface area contributed by atoms with Gasteiger partial charge in [-0.1, -0.05) is 319 Å². The molecule has 0 fully saturated rings. The third-order valence-electron chi connectivity index (χ3n) is 15.5. The molecule has 0 aromatic carbocycles. The lowest BCUT2D eigenvalue weighted by molar-refractivity contribution is -0.167. The summed E-state index contributed by atoms with van der Waals surface area (Å²) in [7, 11) is 0. The minimum Gasteiger partial charge on any atom is -0.462 e. The Morgan fingerprint density at radius 2 is 0.456 bits per heavy atom. The second-order valence-corrected chi connectivity index (χ2v) is 23.4. The number of hydrogen-bond acceptors (Lipinski definition) is 6. The van der Waals surface area contributed by atoms with Crippen LogP contribution in [-0.2, 0) is 28.6 Å². The standard InChI is InChI=1S/C73H132O6/c1-4-7-10-13-16-19-22-25-28-31-34-35-36-37-40-42-45-48-51-54-57-60-63-66-72(75)78-69-70(79-73(76)67-64-61-58-55-52-49-46-43-39-33-30-27-24-21-18-15-12-9-6-3)68-77-71(74)65-62-59-56-53-50-47-44-41-38-32-29-26-23-20-17-14-11-8-5-2/h17-18,20-21,26-27,29-30,39,43,70H,4-16,19,22-25,28,31-38,40-42,44-69H2,1-3H3/b20-17-,21-18-,29-26-,30-27-,43-39-. The third kappa shape index (κ3) is 65.8. The van der Waals surface area contributed by atoms with Gasteiger partial charge < -0.3 is 14.2 Å². The molecule has 0 N–H and O–H groups in total. The molecule has 0 heterocycles. The molecule has 0 saturated heterocycles. The Morgan fingerprint density at radius 1 is 0.253 bits per heavy atom. The maximum Gasteiger partial charge on any atom is 0.306 e. The van der Waals surface area contributed by atoms with Crippen LogP contribution in [0.15, 0.2) is 60.8 Å². The van der Waals surface area contributed by atoms with E-state index in [0.717, 1.165) is 89.9 Å². The van der Waals surface area contributed by atoms with Crippen molar-refractivity contribution in [3.05, 3.63) is 60.8 Å². The maximum atomic E-state index is 12.9. The molecule has 0 aromatic heterocycles. The molecule has 0 aliphatic carbocycles. The van der Waals surface area contributed by atoms with Gasteiger partial charge in [-0.15, -0.1) is 0 Å². The smallest absolute Gasteiger partial charge is 0.306 e.